The lowest BCUT2D eigenvalue weighted by atomic mass is 9.59. The zero-order valence-electron chi connectivity index (χ0n) is 45.7. The van der Waals surface area contributed by atoms with Crippen LogP contribution in [0.4, 0.5) is 28.4 Å². The van der Waals surface area contributed by atoms with E-state index in [9.17, 15) is 28.4 Å². The lowest BCUT2D eigenvalue weighted by Crippen LogP contribution is -2.58. The lowest BCUT2D eigenvalue weighted by Gasteiger charge is -2.57. The number of piperidine rings is 1. The van der Waals surface area contributed by atoms with Crippen LogP contribution in [0.15, 0.2) is 83.9 Å². The highest BCUT2D eigenvalue weighted by Gasteiger charge is 2.50. The SMILES string of the molecule is Cc1ccccc1[C@@H]1COCCN1C1CC2(CCN(c3ccc(C(=O)NS(=O)(=O)c4ccc(NC[C@H]5CC[C@](C)(O)CC5)c([N+](=O)[O-])c4)c(N4c5cc6ccn(COCC[Si](C)(C)C)c6nc5O[C@H]5COCC[C@@H]54)c3)CC2)C1. The highest BCUT2D eigenvalue weighted by molar-refractivity contribution is 7.90. The Labute approximate surface area is 459 Å². The van der Waals surface area contributed by atoms with Crippen LogP contribution in [0.3, 0.4) is 0 Å². The van der Waals surface area contributed by atoms with Gasteiger partial charge in [-0.25, -0.2) is 13.1 Å². The van der Waals surface area contributed by atoms with E-state index in [1.165, 1.54) is 23.3 Å². The third kappa shape index (κ3) is 11.4. The van der Waals surface area contributed by atoms with Crippen molar-refractivity contribution in [3.63, 3.8) is 0 Å². The maximum atomic E-state index is 14.9. The fourth-order valence-corrected chi connectivity index (χ4v) is 14.7. The highest BCUT2D eigenvalue weighted by atomic mass is 32.2. The number of carbonyl (C=O) groups excluding carboxylic acids is 1. The molecule has 3 atom stereocenters. The van der Waals surface area contributed by atoms with Crippen molar-refractivity contribution in [3.05, 3.63) is 106 Å². The van der Waals surface area contributed by atoms with Gasteiger partial charge in [0, 0.05) is 76.8 Å². The van der Waals surface area contributed by atoms with Crippen molar-refractivity contribution in [1.29, 1.82) is 0 Å². The second-order valence-corrected chi connectivity index (χ2v) is 31.7. The van der Waals surface area contributed by atoms with E-state index in [0.29, 0.717) is 81.3 Å². The van der Waals surface area contributed by atoms with Gasteiger partial charge in [-0.1, -0.05) is 43.9 Å². The quantitative estimate of drug-likeness (QED) is 0.0364. The summed E-state index contributed by atoms with van der Waals surface area (Å²) in [5, 5.41) is 26.9. The number of nitrogens with one attached hydrogen (secondary N) is 2. The number of benzene rings is 3. The number of amides is 1. The molecule has 78 heavy (non-hydrogen) atoms. The average molecular weight is 1110 g/mol. The molecular weight excluding hydrogens is 1030 g/mol. The van der Waals surface area contributed by atoms with E-state index in [0.717, 1.165) is 88.0 Å². The summed E-state index contributed by atoms with van der Waals surface area (Å²) in [5.74, 6) is -0.329. The minimum atomic E-state index is -4.65. The molecule has 6 aliphatic rings. The number of rotatable bonds is 16. The van der Waals surface area contributed by atoms with E-state index in [2.05, 4.69) is 75.6 Å². The first-order chi connectivity index (χ1) is 37.3. The van der Waals surface area contributed by atoms with Crippen molar-refractivity contribution in [2.24, 2.45) is 11.3 Å². The van der Waals surface area contributed by atoms with Crippen LogP contribution >= 0.6 is 0 Å². The van der Waals surface area contributed by atoms with Gasteiger partial charge in [0.1, 0.15) is 29.9 Å². The number of nitro benzene ring substituents is 1. The second-order valence-electron chi connectivity index (χ2n) is 24.4. The van der Waals surface area contributed by atoms with E-state index >= 15 is 0 Å². The molecule has 3 saturated heterocycles. The van der Waals surface area contributed by atoms with Gasteiger partial charge in [-0.3, -0.25) is 19.8 Å². The summed E-state index contributed by atoms with van der Waals surface area (Å²) in [4.78, 5) is 38.6. The molecule has 0 unspecified atom stereocenters. The number of hydrogen-bond donors (Lipinski definition) is 3. The number of pyridine rings is 1. The first-order valence-corrected chi connectivity index (χ1v) is 33.2. The molecule has 20 heteroatoms. The van der Waals surface area contributed by atoms with E-state index < -0.39 is 51.2 Å². The zero-order chi connectivity index (χ0) is 54.6. The first kappa shape index (κ1) is 54.3. The molecule has 2 saturated carbocycles. The third-order valence-corrected chi connectivity index (χ3v) is 20.7. The predicted octanol–water partition coefficient (Wildman–Crippen LogP) is 9.55. The van der Waals surface area contributed by atoms with E-state index in [-0.39, 0.29) is 41.3 Å². The zero-order valence-corrected chi connectivity index (χ0v) is 47.6. The molecule has 0 bridgehead atoms. The number of morpholine rings is 1. The van der Waals surface area contributed by atoms with Gasteiger partial charge in [0.2, 0.25) is 5.88 Å². The molecule has 0 radical (unpaired) electrons. The number of anilines is 4. The molecule has 418 valence electrons. The van der Waals surface area contributed by atoms with Crippen LogP contribution in [0.25, 0.3) is 11.0 Å². The van der Waals surface area contributed by atoms with Crippen LogP contribution in [0, 0.1) is 28.4 Å². The summed E-state index contributed by atoms with van der Waals surface area (Å²) in [6, 6.07) is 23.4. The van der Waals surface area contributed by atoms with Crippen LogP contribution in [0.1, 0.15) is 92.2 Å². The average Bonchev–Trinajstić information content (AvgIpc) is 3.97. The van der Waals surface area contributed by atoms with Crippen LogP contribution in [0.5, 0.6) is 5.88 Å². The van der Waals surface area contributed by atoms with E-state index in [1.807, 2.05) is 42.0 Å². The fourth-order valence-electron chi connectivity index (χ4n) is 12.9. The molecule has 18 nitrogen and oxygen atoms in total. The largest absolute Gasteiger partial charge is 0.468 e. The number of ether oxygens (including phenoxy) is 4. The molecule has 5 aromatic rings. The number of fused-ring (bicyclic) bond motifs is 3. The molecule has 4 aliphatic heterocycles. The lowest BCUT2D eigenvalue weighted by molar-refractivity contribution is -0.384. The number of carbonyl (C=O) groups is 1. The number of sulfonamides is 1. The molecule has 1 amide bonds. The molecule has 1 spiro atoms. The number of aromatic nitrogens is 2. The molecule has 11 rings (SSSR count). The summed E-state index contributed by atoms with van der Waals surface area (Å²) in [7, 11) is -5.95. The summed E-state index contributed by atoms with van der Waals surface area (Å²) < 4.78 is 57.8. The fraction of sp³-hybridized carbons (Fsp3) is 0.552. The summed E-state index contributed by atoms with van der Waals surface area (Å²) in [6.07, 6.45) is 9.15. The van der Waals surface area contributed by atoms with Crippen molar-refractivity contribution in [2.45, 2.75) is 139 Å². The molecular formula is C58H76N8O10SSi. The summed E-state index contributed by atoms with van der Waals surface area (Å²) >= 11 is 0. The first-order valence-electron chi connectivity index (χ1n) is 28.0. The van der Waals surface area contributed by atoms with Gasteiger partial charge in [0.05, 0.1) is 58.6 Å². The van der Waals surface area contributed by atoms with Crippen LogP contribution in [0.2, 0.25) is 25.7 Å². The Morgan fingerprint density at radius 3 is 2.46 bits per heavy atom. The number of nitrogens with zero attached hydrogens (tertiary/aromatic N) is 6. The predicted molar refractivity (Wildman–Crippen MR) is 303 cm³/mol. The summed E-state index contributed by atoms with van der Waals surface area (Å²) in [6.45, 7) is 17.1. The van der Waals surface area contributed by atoms with Crippen LogP contribution < -0.4 is 24.6 Å². The molecule has 3 N–H and O–H groups in total. The molecule has 3 aromatic carbocycles. The second kappa shape index (κ2) is 21.8. The Morgan fingerprint density at radius 2 is 1.71 bits per heavy atom. The normalized spacial score (nSPS) is 24.7. The molecule has 2 aromatic heterocycles. The smallest absolute Gasteiger partial charge is 0.293 e. The Bertz CT molecular complexity index is 3140. The van der Waals surface area contributed by atoms with Gasteiger partial charge in [0.15, 0.2) is 0 Å². The third-order valence-electron chi connectivity index (χ3n) is 17.7. The van der Waals surface area contributed by atoms with Crippen molar-refractivity contribution in [2.75, 3.05) is 74.3 Å². The minimum Gasteiger partial charge on any atom is -0.468 e. The van der Waals surface area contributed by atoms with Crippen molar-refractivity contribution in [3.8, 4) is 5.88 Å². The number of aryl methyl sites for hydroxylation is 1. The number of hydrogen-bond acceptors (Lipinski definition) is 15. The van der Waals surface area contributed by atoms with Gasteiger partial charge in [-0.2, -0.15) is 4.98 Å². The Balaban J connectivity index is 0.886. The van der Waals surface area contributed by atoms with E-state index in [1.54, 1.807) is 6.07 Å². The van der Waals surface area contributed by atoms with Gasteiger partial charge in [0.25, 0.3) is 21.6 Å². The Kier molecular flexibility index (Phi) is 15.2. The minimum absolute atomic E-state index is 0.108. The topological polar surface area (TPSA) is 203 Å². The number of nitro groups is 1. The van der Waals surface area contributed by atoms with Gasteiger partial charge in [-0.05, 0) is 143 Å². The molecule has 6 heterocycles. The van der Waals surface area contributed by atoms with E-state index in [4.69, 9.17) is 23.9 Å². The molecule has 5 fully saturated rings. The highest BCUT2D eigenvalue weighted by Crippen LogP contribution is 2.54. The van der Waals surface area contributed by atoms with Crippen LogP contribution in [-0.2, 0) is 31.0 Å². The number of aliphatic hydroxyl groups is 1. The van der Waals surface area contributed by atoms with Crippen LogP contribution in [-0.4, -0.2) is 130 Å². The van der Waals surface area contributed by atoms with Crippen molar-refractivity contribution >= 4 is 63.5 Å². The maximum Gasteiger partial charge on any atom is 0.293 e. The standard InChI is InChI=1S/C58H76N8O10SSi/c1-39-8-6-7-9-45(39)52-36-74-27-25-64(52)43-33-58(34-43)20-23-62(24-21-58)42-10-12-46(55(67)61-77(71,72)44-11-13-47(50(32-44)66(69)70)59-35-40-14-18-57(2,68)19-15-40)49(31-42)65-48-17-26-73-37-53(48)76-56-51(65)30-41-16-22-63(54(41)60-56)38-75-28-29-78(3,4)5/h6-13,16,22,30-32,40,43,48,52-53,59,68H,14-15,17-21,23-29,33-38H2,1-5H3,(H,61,67)/t40-,48-,52-,53-,57-/m0/s1. The van der Waals surface area contributed by atoms with Crippen molar-refractivity contribution < 1.29 is 42.2 Å². The molecule has 2 aliphatic carbocycles. The van der Waals surface area contributed by atoms with Crippen molar-refractivity contribution in [1.82, 2.24) is 19.2 Å². The maximum absolute atomic E-state index is 14.9. The Morgan fingerprint density at radius 1 is 0.936 bits per heavy atom. The Hall–Kier alpha value is -5.61. The van der Waals surface area contributed by atoms with Gasteiger partial charge >= 0.3 is 0 Å². The monoisotopic (exact) mass is 1100 g/mol. The summed E-state index contributed by atoms with van der Waals surface area (Å²) in [5.41, 5.74) is 4.74. The van der Waals surface area contributed by atoms with Gasteiger partial charge < -0.3 is 43.7 Å². The van der Waals surface area contributed by atoms with Gasteiger partial charge in [-0.15, -0.1) is 0 Å².